The topological polar surface area (TPSA) is 419 Å². The monoisotopic (exact) mass is 1230 g/mol. The molecule has 6 amide bonds. The van der Waals surface area contributed by atoms with Crippen LogP contribution >= 0.6 is 0 Å². The van der Waals surface area contributed by atoms with Gasteiger partial charge in [0.15, 0.2) is 6.29 Å². The predicted molar refractivity (Wildman–Crippen MR) is 305 cm³/mol. The first kappa shape index (κ1) is 70.1. The number of hydrogen-bond acceptors (Lipinski definition) is 23. The van der Waals surface area contributed by atoms with Crippen LogP contribution in [0, 0.1) is 26.1 Å². The molecule has 31 heteroatoms. The summed E-state index contributed by atoms with van der Waals surface area (Å²) in [7, 11) is 1.27. The van der Waals surface area contributed by atoms with Gasteiger partial charge in [-0.05, 0) is 137 Å². The van der Waals surface area contributed by atoms with Crippen molar-refractivity contribution in [2.45, 2.75) is 185 Å². The lowest BCUT2D eigenvalue weighted by Gasteiger charge is -2.52. The van der Waals surface area contributed by atoms with Crippen LogP contribution in [0.3, 0.4) is 0 Å². The van der Waals surface area contributed by atoms with Gasteiger partial charge in [0.2, 0.25) is 0 Å². The van der Waals surface area contributed by atoms with Crippen LogP contribution in [0.1, 0.15) is 99.6 Å². The zero-order chi connectivity index (χ0) is 64.8. The molecule has 5 rings (SSSR count). The molecule has 0 bridgehead atoms. The summed E-state index contributed by atoms with van der Waals surface area (Å²) in [6, 6.07) is 4.79. The highest BCUT2D eigenvalue weighted by atomic mass is 16.7. The van der Waals surface area contributed by atoms with E-state index in [1.807, 2.05) is 0 Å². The van der Waals surface area contributed by atoms with Gasteiger partial charge in [-0.15, -0.1) is 0 Å². The smallest absolute Gasteiger partial charge is 0.410 e. The quantitative estimate of drug-likeness (QED) is 0.0349. The van der Waals surface area contributed by atoms with Crippen LogP contribution in [0.4, 0.5) is 35.3 Å². The molecule has 31 nitrogen and oxygen atoms in total. The molecule has 10 N–H and O–H groups in total. The van der Waals surface area contributed by atoms with Gasteiger partial charge in [-0.1, -0.05) is 0 Å². The molecule has 1 unspecified atom stereocenters. The summed E-state index contributed by atoms with van der Waals surface area (Å²) in [6.07, 6.45) is -14.0. The van der Waals surface area contributed by atoms with Crippen molar-refractivity contribution in [3.63, 3.8) is 0 Å². The molecule has 12 atom stereocenters. The van der Waals surface area contributed by atoms with Gasteiger partial charge in [-0.3, -0.25) is 25.0 Å². The van der Waals surface area contributed by atoms with E-state index in [0.717, 1.165) is 4.90 Å². The molecule has 87 heavy (non-hydrogen) atoms. The van der Waals surface area contributed by atoms with E-state index >= 15 is 0 Å². The molecule has 484 valence electrons. The molecule has 2 aromatic carbocycles. The zero-order valence-electron chi connectivity index (χ0n) is 50.6. The van der Waals surface area contributed by atoms with Crippen molar-refractivity contribution >= 4 is 47.7 Å². The maximum Gasteiger partial charge on any atom is 0.410 e. The predicted octanol–water partition coefficient (Wildman–Crippen LogP) is 3.41. The van der Waals surface area contributed by atoms with E-state index in [2.05, 4.69) is 31.9 Å². The Hall–Kier alpha value is -7.68. The Bertz CT molecular complexity index is 2730. The van der Waals surface area contributed by atoms with Crippen molar-refractivity contribution in [2.24, 2.45) is 5.92 Å². The number of aliphatic hydroxyl groups is 4. The number of aliphatic hydroxyl groups excluding tert-OH is 3. The van der Waals surface area contributed by atoms with Gasteiger partial charge in [0.25, 0.3) is 17.3 Å². The first-order valence-electron chi connectivity index (χ1n) is 28.1. The van der Waals surface area contributed by atoms with Gasteiger partial charge < -0.3 is 95.1 Å². The number of benzene rings is 2. The van der Waals surface area contributed by atoms with E-state index in [4.69, 9.17) is 37.9 Å². The molecular formula is C56H83N9O22. The summed E-state index contributed by atoms with van der Waals surface area (Å²) in [6.45, 7) is 14.6. The Labute approximate surface area is 502 Å². The summed E-state index contributed by atoms with van der Waals surface area (Å²) in [5.74, 6) is -2.34. The Morgan fingerprint density at radius 3 is 1.76 bits per heavy atom. The van der Waals surface area contributed by atoms with Crippen LogP contribution in [0.5, 0.6) is 0 Å². The number of amides is 6. The highest BCUT2D eigenvalue weighted by Crippen LogP contribution is 2.39. The van der Waals surface area contributed by atoms with Crippen LogP contribution in [-0.2, 0) is 55.9 Å². The van der Waals surface area contributed by atoms with E-state index in [1.54, 1.807) is 68.4 Å². The second-order valence-corrected chi connectivity index (χ2v) is 24.4. The highest BCUT2D eigenvalue weighted by molar-refractivity contribution is 5.82. The summed E-state index contributed by atoms with van der Waals surface area (Å²) < 4.78 is 46.3. The van der Waals surface area contributed by atoms with Crippen molar-refractivity contribution < 1.29 is 96.9 Å². The largest absolute Gasteiger partial charge is 0.491 e. The van der Waals surface area contributed by atoms with Crippen molar-refractivity contribution in [3.8, 4) is 0 Å². The number of nitrogens with one attached hydrogen (secondary N) is 6. The average Bonchev–Trinajstić information content (AvgIpc) is 0.855. The molecule has 2 heterocycles. The second-order valence-electron chi connectivity index (χ2n) is 24.4. The fourth-order valence-electron chi connectivity index (χ4n) is 9.68. The van der Waals surface area contributed by atoms with E-state index in [0.29, 0.717) is 24.1 Å². The number of likely N-dealkylation sites (N-methyl/N-ethyl adjacent to an activating group) is 1. The number of non-ortho nitro benzene ring substituents is 2. The Balaban J connectivity index is 1.56. The first-order valence-corrected chi connectivity index (χ1v) is 28.1. The van der Waals surface area contributed by atoms with Crippen molar-refractivity contribution in [1.29, 1.82) is 0 Å². The number of hydrogen-bond donors (Lipinski definition) is 10. The van der Waals surface area contributed by atoms with Gasteiger partial charge >= 0.3 is 30.5 Å². The van der Waals surface area contributed by atoms with Crippen molar-refractivity contribution in [1.82, 2.24) is 36.8 Å². The van der Waals surface area contributed by atoms with Crippen LogP contribution in [0.15, 0.2) is 60.4 Å². The molecule has 1 aliphatic carbocycles. The highest BCUT2D eigenvalue weighted by Gasteiger charge is 2.56. The normalized spacial score (nSPS) is 25.1. The number of nitro benzene ring substituents is 2. The Morgan fingerprint density at radius 2 is 1.24 bits per heavy atom. The zero-order valence-corrected chi connectivity index (χ0v) is 50.6. The number of rotatable bonds is 22. The molecule has 0 radical (unpaired) electrons. The Morgan fingerprint density at radius 1 is 0.724 bits per heavy atom. The van der Waals surface area contributed by atoms with Gasteiger partial charge in [-0.2, -0.15) is 0 Å². The van der Waals surface area contributed by atoms with Crippen LogP contribution < -0.4 is 31.9 Å². The Kier molecular flexibility index (Phi) is 24.4. The van der Waals surface area contributed by atoms with E-state index in [9.17, 15) is 69.4 Å². The molecule has 1 saturated carbocycles. The standard InChI is InChI=1S/C56H83N9O22/c1-53(2,3)85-48(70)58-24-12-23-57-26-35-21-22-36(61-50(72)80-28-31-13-17-33(18-14-31)64(76)77)43(83-35)40-37(62-51(73)81-29-32-15-19-34(20-16-32)65(78)79)25-38(60-46(69)39(66)27-59-49(71)86-54(4,5)6)44(41(40)67)84-47-42(68)45(56(10,75)30-82-47)63(11)52(74)87-55(7,8)9/h13-21,36-45,47,57,66-68,75H,12,22-30H2,1-11H3,(H,58,70)(H,59,71)(H,60,69)(H,61,72)(H,62,73)/t36-,37+,38-,39-,40?,41+,42-,43+,44+,45-,47-,56+/m1/s1. The van der Waals surface area contributed by atoms with Crippen molar-refractivity contribution in [2.75, 3.05) is 39.8 Å². The molecular weight excluding hydrogens is 1150 g/mol. The van der Waals surface area contributed by atoms with E-state index in [1.165, 1.54) is 62.5 Å². The summed E-state index contributed by atoms with van der Waals surface area (Å²) in [4.78, 5) is 103. The fourth-order valence-corrected chi connectivity index (χ4v) is 9.68. The SMILES string of the molecule is CN(C(=O)OC(C)(C)C)[C@@H]1[C@@H](O)[C@@H](O[C@H]2[C@H](NC(=O)[C@H](O)CNC(=O)OC(C)(C)C)C[C@H](NC(=O)OCc3ccc([N+](=O)[O-])cc3)C([C@H]3OC(CNCCCNC(=O)OC(C)(C)C)=CC[C@H]3NC(=O)OCc3ccc([N+](=O)[O-])cc3)[C@@H]2O)OC[C@]1(C)O. The molecule has 0 spiro atoms. The van der Waals surface area contributed by atoms with Crippen molar-refractivity contribution in [3.05, 3.63) is 91.7 Å². The molecule has 2 aromatic rings. The maximum atomic E-state index is 14.1. The number of carbonyl (C=O) groups excluding carboxylic acids is 6. The third kappa shape index (κ3) is 21.9. The molecule has 3 aliphatic rings. The van der Waals surface area contributed by atoms with E-state index in [-0.39, 0.29) is 43.3 Å². The van der Waals surface area contributed by atoms with Gasteiger partial charge in [0.1, 0.15) is 65.8 Å². The number of alkyl carbamates (subject to hydrolysis) is 4. The van der Waals surface area contributed by atoms with Gasteiger partial charge in [0, 0.05) is 49.8 Å². The minimum Gasteiger partial charge on any atom is -0.491 e. The molecule has 1 saturated heterocycles. The second kappa shape index (κ2) is 30.3. The third-order valence-corrected chi connectivity index (χ3v) is 13.5. The first-order chi connectivity index (χ1) is 40.5. The molecule has 2 fully saturated rings. The summed E-state index contributed by atoms with van der Waals surface area (Å²) in [5.41, 5.74) is -4.38. The van der Waals surface area contributed by atoms with Crippen LogP contribution in [0.25, 0.3) is 0 Å². The molecule has 0 aromatic heterocycles. The number of ether oxygens (including phenoxy) is 8. The third-order valence-electron chi connectivity index (χ3n) is 13.5. The van der Waals surface area contributed by atoms with Gasteiger partial charge in [0.05, 0.1) is 53.8 Å². The number of nitro groups is 2. The lowest BCUT2D eigenvalue weighted by atomic mass is 9.72. The lowest BCUT2D eigenvalue weighted by molar-refractivity contribution is -0.385. The number of nitrogens with zero attached hydrogens (tertiary/aromatic N) is 3. The molecule has 2 aliphatic heterocycles. The minimum atomic E-state index is -2.00. The number of carbonyl (C=O) groups is 6. The minimum absolute atomic E-state index is 0.0286. The van der Waals surface area contributed by atoms with Crippen LogP contribution in [-0.4, -0.2) is 195 Å². The average molecular weight is 1230 g/mol. The van der Waals surface area contributed by atoms with E-state index < -0.39 is 162 Å². The summed E-state index contributed by atoms with van der Waals surface area (Å²) >= 11 is 0. The lowest BCUT2D eigenvalue weighted by Crippen LogP contribution is -2.71. The van der Waals surface area contributed by atoms with Crippen LogP contribution in [0.2, 0.25) is 0 Å². The summed E-state index contributed by atoms with van der Waals surface area (Å²) in [5, 5.41) is 87.0. The maximum absolute atomic E-state index is 14.1. The van der Waals surface area contributed by atoms with Gasteiger partial charge in [-0.25, -0.2) is 24.0 Å². The fraction of sp³-hybridized carbons (Fsp3) is 0.643.